The molecule has 4 aromatic carbocycles. The van der Waals surface area contributed by atoms with Crippen LogP contribution in [0.4, 0.5) is 11.4 Å². The quantitative estimate of drug-likeness (QED) is 0.0691. The third-order valence-corrected chi connectivity index (χ3v) is 7.97. The van der Waals surface area contributed by atoms with Crippen LogP contribution in [-0.4, -0.2) is 60.5 Å². The monoisotopic (exact) mass is 706 g/mol. The number of benzene rings is 4. The molecule has 0 aliphatic rings. The zero-order valence-corrected chi connectivity index (χ0v) is 29.4. The molecule has 12 heteroatoms. The molecule has 2 amide bonds. The van der Waals surface area contributed by atoms with Gasteiger partial charge in [0.05, 0.1) is 13.1 Å². The first-order chi connectivity index (χ1) is 24.9. The van der Waals surface area contributed by atoms with Crippen molar-refractivity contribution in [1.82, 2.24) is 10.6 Å². The van der Waals surface area contributed by atoms with E-state index in [1.807, 2.05) is 0 Å². The van der Waals surface area contributed by atoms with Gasteiger partial charge in [-0.15, -0.1) is 0 Å². The van der Waals surface area contributed by atoms with Gasteiger partial charge in [-0.2, -0.15) is 0 Å². The van der Waals surface area contributed by atoms with Gasteiger partial charge in [-0.1, -0.05) is 84.9 Å². The van der Waals surface area contributed by atoms with E-state index in [4.69, 9.17) is 9.47 Å². The maximum absolute atomic E-state index is 13.5. The van der Waals surface area contributed by atoms with Crippen LogP contribution in [0.3, 0.4) is 0 Å². The van der Waals surface area contributed by atoms with Gasteiger partial charge in [0, 0.05) is 48.4 Å². The summed E-state index contributed by atoms with van der Waals surface area (Å²) in [7, 11) is 0. The molecule has 0 bridgehead atoms. The highest BCUT2D eigenvalue weighted by Crippen LogP contribution is 2.28. The van der Waals surface area contributed by atoms with Crippen LogP contribution in [0.15, 0.2) is 109 Å². The van der Waals surface area contributed by atoms with Crippen LogP contribution in [0.5, 0.6) is 0 Å². The molecule has 0 aliphatic heterocycles. The zero-order chi connectivity index (χ0) is 37.6. The lowest BCUT2D eigenvalue weighted by molar-refractivity contribution is -0.176. The number of hydrogen-bond donors (Lipinski definition) is 4. The van der Waals surface area contributed by atoms with Gasteiger partial charge < -0.3 is 30.7 Å². The predicted molar refractivity (Wildman–Crippen MR) is 196 cm³/mol. The highest BCUT2D eigenvalue weighted by Gasteiger charge is 2.32. The van der Waals surface area contributed by atoms with Crippen molar-refractivity contribution in [3.8, 4) is 0 Å². The number of nitrogens with one attached hydrogen (secondary N) is 4. The summed E-state index contributed by atoms with van der Waals surface area (Å²) < 4.78 is 11.6. The molecule has 52 heavy (non-hydrogen) atoms. The Balaban J connectivity index is 1.56. The van der Waals surface area contributed by atoms with Crippen LogP contribution in [0.25, 0.3) is 0 Å². The van der Waals surface area contributed by atoms with Gasteiger partial charge in [0.15, 0.2) is 11.6 Å². The van der Waals surface area contributed by atoms with E-state index in [-0.39, 0.29) is 36.5 Å². The Morgan fingerprint density at radius 2 is 0.885 bits per heavy atom. The lowest BCUT2D eigenvalue weighted by Crippen LogP contribution is -2.40. The summed E-state index contributed by atoms with van der Waals surface area (Å²) in [6, 6.07) is 29.2. The number of amides is 2. The summed E-state index contributed by atoms with van der Waals surface area (Å²) in [5.74, 6) is -3.63. The van der Waals surface area contributed by atoms with E-state index in [1.54, 1.807) is 123 Å². The molecule has 270 valence electrons. The molecule has 0 radical (unpaired) electrons. The Labute approximate surface area is 302 Å². The van der Waals surface area contributed by atoms with Crippen molar-refractivity contribution in [2.24, 2.45) is 0 Å². The Bertz CT molecular complexity index is 1750. The second kappa shape index (κ2) is 18.9. The topological polar surface area (TPSA) is 169 Å². The maximum atomic E-state index is 13.5. The smallest absolute Gasteiger partial charge is 0.418 e. The molecule has 12 nitrogen and oxygen atoms in total. The van der Waals surface area contributed by atoms with Crippen molar-refractivity contribution in [1.29, 1.82) is 0 Å². The highest BCUT2D eigenvalue weighted by atomic mass is 16.6. The van der Waals surface area contributed by atoms with Crippen LogP contribution >= 0.6 is 0 Å². The van der Waals surface area contributed by atoms with Gasteiger partial charge in [0.25, 0.3) is 0 Å². The number of rotatable bonds is 16. The van der Waals surface area contributed by atoms with Crippen LogP contribution in [0.2, 0.25) is 0 Å². The average molecular weight is 707 g/mol. The third kappa shape index (κ3) is 11.5. The van der Waals surface area contributed by atoms with Crippen molar-refractivity contribution in [2.45, 2.75) is 52.0 Å². The van der Waals surface area contributed by atoms with Gasteiger partial charge in [0.2, 0.25) is 11.8 Å². The Morgan fingerprint density at radius 3 is 1.23 bits per heavy atom. The number of ketones is 2. The van der Waals surface area contributed by atoms with Crippen molar-refractivity contribution in [3.63, 3.8) is 0 Å². The van der Waals surface area contributed by atoms with E-state index in [9.17, 15) is 28.8 Å². The molecular weight excluding hydrogens is 664 g/mol. The Kier molecular flexibility index (Phi) is 14.1. The normalized spacial score (nSPS) is 13.1. The van der Waals surface area contributed by atoms with Gasteiger partial charge in [-0.05, 0) is 49.2 Å². The number of carbonyl (C=O) groups excluding carboxylic acids is 6. The molecular formula is C40H42N4O8. The summed E-state index contributed by atoms with van der Waals surface area (Å²) in [5, 5.41) is 11.6. The third-order valence-electron chi connectivity index (χ3n) is 7.97. The SMILES string of the molecule is CC(=O)Nc1cccc(C(OC(=O)C(=O)OC(c2cccc(NC(C)=O)c2)C(C)NCC(=O)c2ccccc2)C(C)NCC(=O)c2ccccc2)c1. The van der Waals surface area contributed by atoms with Gasteiger partial charge >= 0.3 is 11.9 Å². The molecule has 4 rings (SSSR count). The number of carbonyl (C=O) groups is 6. The summed E-state index contributed by atoms with van der Waals surface area (Å²) in [4.78, 5) is 76.2. The van der Waals surface area contributed by atoms with E-state index in [0.717, 1.165) is 0 Å². The summed E-state index contributed by atoms with van der Waals surface area (Å²) in [6.07, 6.45) is -2.20. The molecule has 0 aromatic heterocycles. The lowest BCUT2D eigenvalue weighted by Gasteiger charge is -2.27. The van der Waals surface area contributed by atoms with Crippen LogP contribution in [-0.2, 0) is 28.7 Å². The summed E-state index contributed by atoms with van der Waals surface area (Å²) in [5.41, 5.74) is 2.74. The van der Waals surface area contributed by atoms with Gasteiger partial charge in [0.1, 0.15) is 12.2 Å². The summed E-state index contributed by atoms with van der Waals surface area (Å²) >= 11 is 0. The first-order valence-corrected chi connectivity index (χ1v) is 16.7. The van der Waals surface area contributed by atoms with Crippen molar-refractivity contribution in [2.75, 3.05) is 23.7 Å². The fourth-order valence-electron chi connectivity index (χ4n) is 5.41. The first-order valence-electron chi connectivity index (χ1n) is 16.7. The second-order valence-electron chi connectivity index (χ2n) is 12.2. The first kappa shape index (κ1) is 38.8. The Morgan fingerprint density at radius 1 is 0.519 bits per heavy atom. The van der Waals surface area contributed by atoms with Crippen LogP contribution in [0, 0.1) is 0 Å². The van der Waals surface area contributed by atoms with Gasteiger partial charge in [-0.25, -0.2) is 9.59 Å². The Hall–Kier alpha value is -5.98. The molecule has 0 saturated heterocycles. The number of hydrogen-bond acceptors (Lipinski definition) is 10. The van der Waals surface area contributed by atoms with Crippen LogP contribution < -0.4 is 21.3 Å². The fraction of sp³-hybridized carbons (Fsp3) is 0.250. The van der Waals surface area contributed by atoms with E-state index < -0.39 is 36.2 Å². The number of Topliss-reactive ketones (excluding diaryl/α,β-unsaturated/α-hetero) is 2. The molecule has 0 aliphatic carbocycles. The average Bonchev–Trinajstić information content (AvgIpc) is 3.13. The largest absolute Gasteiger partial charge is 0.447 e. The van der Waals surface area contributed by atoms with E-state index in [1.165, 1.54) is 13.8 Å². The number of esters is 2. The van der Waals surface area contributed by atoms with Crippen LogP contribution in [0.1, 0.15) is 71.7 Å². The van der Waals surface area contributed by atoms with Gasteiger partial charge in [-0.3, -0.25) is 19.2 Å². The lowest BCUT2D eigenvalue weighted by atomic mass is 10.0. The zero-order valence-electron chi connectivity index (χ0n) is 29.4. The number of anilines is 2. The molecule has 0 fully saturated rings. The minimum Gasteiger partial charge on any atom is -0.447 e. The van der Waals surface area contributed by atoms with Crippen molar-refractivity contribution in [3.05, 3.63) is 131 Å². The van der Waals surface area contributed by atoms with E-state index in [0.29, 0.717) is 33.6 Å². The van der Waals surface area contributed by atoms with E-state index >= 15 is 0 Å². The molecule has 0 saturated carbocycles. The second-order valence-corrected chi connectivity index (χ2v) is 12.2. The van der Waals surface area contributed by atoms with Crippen molar-refractivity contribution >= 4 is 46.7 Å². The predicted octanol–water partition coefficient (Wildman–Crippen LogP) is 5.19. The minimum absolute atomic E-state index is 0.0906. The minimum atomic E-state index is -1.31. The number of ether oxygens (including phenoxy) is 2. The summed E-state index contributed by atoms with van der Waals surface area (Å²) in [6.45, 7) is 5.92. The molecule has 4 aromatic rings. The molecule has 4 unspecified atom stereocenters. The standard InChI is InChI=1S/C40H42N4O8/c1-25(41-23-35(47)29-13-7-5-8-14-29)37(31-17-11-19-33(21-31)43-27(3)45)51-39(49)40(50)52-38(32-18-12-20-34(22-32)44-28(4)46)26(2)42-24-36(48)30-15-9-6-10-16-30/h5-22,25-26,37-38,41-42H,23-24H2,1-4H3,(H,43,45)(H,44,46). The van der Waals surface area contributed by atoms with Crippen molar-refractivity contribution < 1.29 is 38.2 Å². The molecule has 0 spiro atoms. The fourth-order valence-corrected chi connectivity index (χ4v) is 5.41. The highest BCUT2D eigenvalue weighted by molar-refractivity contribution is 6.29. The molecule has 4 atom stereocenters. The molecule has 0 heterocycles. The maximum Gasteiger partial charge on any atom is 0.418 e. The van der Waals surface area contributed by atoms with E-state index in [2.05, 4.69) is 21.3 Å². The molecule has 4 N–H and O–H groups in total.